The number of carbonyl (C=O) groups is 1. The summed E-state index contributed by atoms with van der Waals surface area (Å²) in [6.07, 6.45) is 0. The van der Waals surface area contributed by atoms with E-state index in [1.54, 1.807) is 13.0 Å². The molecule has 0 atom stereocenters. The summed E-state index contributed by atoms with van der Waals surface area (Å²) >= 11 is 8.23. The van der Waals surface area contributed by atoms with Crippen molar-refractivity contribution in [2.24, 2.45) is 5.16 Å². The number of hydrogen-bond acceptors (Lipinski definition) is 5. The molecule has 0 radical (unpaired) electrons. The summed E-state index contributed by atoms with van der Waals surface area (Å²) in [4.78, 5) is 17.4. The first-order chi connectivity index (χ1) is 10.1. The maximum absolute atomic E-state index is 11.6. The quantitative estimate of drug-likeness (QED) is 0.393. The molecular weight excluding hydrogens is 422 g/mol. The molecule has 0 unspecified atom stereocenters. The molecule has 1 aromatic carbocycles. The van der Waals surface area contributed by atoms with Gasteiger partial charge in [-0.15, -0.1) is 11.3 Å². The van der Waals surface area contributed by atoms with Crippen LogP contribution in [0.2, 0.25) is 0 Å². The van der Waals surface area contributed by atoms with Crippen LogP contribution >= 0.6 is 43.2 Å². The summed E-state index contributed by atoms with van der Waals surface area (Å²) in [7, 11) is 0. The van der Waals surface area contributed by atoms with Crippen LogP contribution in [0.5, 0.6) is 5.75 Å². The standard InChI is InChI=1S/C14H11Br2NO3S/c1-9(13-3-2-6-21-13)17-20-14(18)8-19-12-5-4-10(15)7-11(12)16/h2-7H,8H2,1H3/b17-9+. The fourth-order valence-corrected chi connectivity index (χ4v) is 3.23. The van der Waals surface area contributed by atoms with Gasteiger partial charge in [-0.05, 0) is 52.5 Å². The number of benzene rings is 1. The zero-order valence-corrected chi connectivity index (χ0v) is 15.0. The maximum Gasteiger partial charge on any atom is 0.372 e. The molecule has 2 rings (SSSR count). The van der Waals surface area contributed by atoms with Crippen LogP contribution in [0.4, 0.5) is 0 Å². The topological polar surface area (TPSA) is 47.9 Å². The molecule has 1 aromatic heterocycles. The number of thiophene rings is 1. The summed E-state index contributed by atoms with van der Waals surface area (Å²) in [6.45, 7) is 1.58. The second-order valence-corrected chi connectivity index (χ2v) is 6.70. The van der Waals surface area contributed by atoms with E-state index < -0.39 is 5.97 Å². The maximum atomic E-state index is 11.6. The van der Waals surface area contributed by atoms with E-state index in [1.807, 2.05) is 29.6 Å². The van der Waals surface area contributed by atoms with Crippen molar-refractivity contribution in [3.63, 3.8) is 0 Å². The smallest absolute Gasteiger partial charge is 0.372 e. The third-order valence-electron chi connectivity index (χ3n) is 2.40. The fraction of sp³-hybridized carbons (Fsp3) is 0.143. The van der Waals surface area contributed by atoms with Crippen LogP contribution in [0.25, 0.3) is 0 Å². The van der Waals surface area contributed by atoms with Crippen molar-refractivity contribution < 1.29 is 14.4 Å². The molecule has 2 aromatic rings. The zero-order chi connectivity index (χ0) is 15.2. The van der Waals surface area contributed by atoms with Crippen molar-refractivity contribution in [1.82, 2.24) is 0 Å². The van der Waals surface area contributed by atoms with Gasteiger partial charge >= 0.3 is 5.97 Å². The first-order valence-corrected chi connectivity index (χ1v) is 8.39. The molecule has 21 heavy (non-hydrogen) atoms. The van der Waals surface area contributed by atoms with E-state index in [4.69, 9.17) is 9.57 Å². The van der Waals surface area contributed by atoms with Gasteiger partial charge in [0.15, 0.2) is 6.61 Å². The van der Waals surface area contributed by atoms with Crippen LogP contribution in [0.1, 0.15) is 11.8 Å². The van der Waals surface area contributed by atoms with Crippen molar-refractivity contribution in [3.05, 3.63) is 49.5 Å². The molecule has 0 saturated carbocycles. The molecule has 110 valence electrons. The fourth-order valence-electron chi connectivity index (χ4n) is 1.40. The predicted octanol–water partition coefficient (Wildman–Crippen LogP) is 4.62. The van der Waals surface area contributed by atoms with Crippen molar-refractivity contribution >= 4 is 54.9 Å². The van der Waals surface area contributed by atoms with Gasteiger partial charge in [0, 0.05) is 4.47 Å². The molecule has 1 heterocycles. The van der Waals surface area contributed by atoms with Crippen molar-refractivity contribution in [2.45, 2.75) is 6.92 Å². The van der Waals surface area contributed by atoms with Crippen molar-refractivity contribution in [2.75, 3.05) is 6.61 Å². The Morgan fingerprint density at radius 1 is 1.33 bits per heavy atom. The van der Waals surface area contributed by atoms with E-state index in [2.05, 4.69) is 37.0 Å². The largest absolute Gasteiger partial charge is 0.481 e. The normalized spacial score (nSPS) is 11.3. The SMILES string of the molecule is C/C(=N\OC(=O)COc1ccc(Br)cc1Br)c1cccs1. The number of halogens is 2. The second kappa shape index (κ2) is 7.72. The van der Waals surface area contributed by atoms with Gasteiger partial charge in [-0.1, -0.05) is 27.2 Å². The Labute approximate surface area is 143 Å². The van der Waals surface area contributed by atoms with Gasteiger partial charge in [-0.3, -0.25) is 0 Å². The number of carbonyl (C=O) groups excluding carboxylic acids is 1. The van der Waals surface area contributed by atoms with Gasteiger partial charge in [0.2, 0.25) is 0 Å². The van der Waals surface area contributed by atoms with Crippen LogP contribution in [-0.4, -0.2) is 18.3 Å². The van der Waals surface area contributed by atoms with E-state index in [0.29, 0.717) is 11.5 Å². The minimum atomic E-state index is -0.555. The van der Waals surface area contributed by atoms with Gasteiger partial charge in [0.25, 0.3) is 0 Å². The number of hydrogen-bond donors (Lipinski definition) is 0. The molecule has 0 N–H and O–H groups in total. The van der Waals surface area contributed by atoms with Gasteiger partial charge < -0.3 is 9.57 Å². The highest BCUT2D eigenvalue weighted by Crippen LogP contribution is 2.28. The minimum absolute atomic E-state index is 0.207. The minimum Gasteiger partial charge on any atom is -0.481 e. The van der Waals surface area contributed by atoms with Crippen LogP contribution < -0.4 is 4.74 Å². The summed E-state index contributed by atoms with van der Waals surface area (Å²) in [5.41, 5.74) is 0.656. The molecular formula is C14H11Br2NO3S. The number of ether oxygens (including phenoxy) is 1. The predicted molar refractivity (Wildman–Crippen MR) is 90.0 cm³/mol. The number of nitrogens with zero attached hydrogens (tertiary/aromatic N) is 1. The van der Waals surface area contributed by atoms with E-state index in [0.717, 1.165) is 13.8 Å². The summed E-state index contributed by atoms with van der Waals surface area (Å²) in [5.74, 6) is 0.00910. The molecule has 0 aliphatic carbocycles. The Kier molecular flexibility index (Phi) is 5.96. The van der Waals surface area contributed by atoms with Crippen LogP contribution in [0.3, 0.4) is 0 Å². The van der Waals surface area contributed by atoms with Gasteiger partial charge in [0.1, 0.15) is 5.75 Å². The van der Waals surface area contributed by atoms with Crippen LogP contribution in [0, 0.1) is 0 Å². The zero-order valence-electron chi connectivity index (χ0n) is 11.0. The van der Waals surface area contributed by atoms with E-state index >= 15 is 0 Å². The van der Waals surface area contributed by atoms with Gasteiger partial charge in [-0.25, -0.2) is 4.79 Å². The van der Waals surface area contributed by atoms with Gasteiger partial charge in [-0.2, -0.15) is 0 Å². The Hall–Kier alpha value is -1.18. The monoisotopic (exact) mass is 431 g/mol. The van der Waals surface area contributed by atoms with Gasteiger partial charge in [0.05, 0.1) is 15.1 Å². The lowest BCUT2D eigenvalue weighted by molar-refractivity contribution is -0.146. The molecule has 0 spiro atoms. The van der Waals surface area contributed by atoms with E-state index in [1.165, 1.54) is 11.3 Å². The molecule has 0 aliphatic rings. The number of rotatable bonds is 5. The molecule has 0 amide bonds. The van der Waals surface area contributed by atoms with Crippen LogP contribution in [0.15, 0.2) is 49.8 Å². The number of oxime groups is 1. The summed E-state index contributed by atoms with van der Waals surface area (Å²) in [6, 6.07) is 9.23. The van der Waals surface area contributed by atoms with Crippen molar-refractivity contribution in [1.29, 1.82) is 0 Å². The Bertz CT molecular complexity index is 656. The first kappa shape index (κ1) is 16.2. The van der Waals surface area contributed by atoms with Crippen molar-refractivity contribution in [3.8, 4) is 5.75 Å². The Balaban J connectivity index is 1.86. The molecule has 7 heteroatoms. The lowest BCUT2D eigenvalue weighted by Crippen LogP contribution is -2.13. The molecule has 0 fully saturated rings. The van der Waals surface area contributed by atoms with E-state index in [-0.39, 0.29) is 6.61 Å². The molecule has 4 nitrogen and oxygen atoms in total. The summed E-state index contributed by atoms with van der Waals surface area (Å²) in [5, 5.41) is 5.73. The van der Waals surface area contributed by atoms with Crippen LogP contribution in [-0.2, 0) is 9.63 Å². The lowest BCUT2D eigenvalue weighted by Gasteiger charge is -2.06. The Morgan fingerprint density at radius 3 is 2.81 bits per heavy atom. The first-order valence-electron chi connectivity index (χ1n) is 5.92. The highest BCUT2D eigenvalue weighted by molar-refractivity contribution is 9.11. The second-order valence-electron chi connectivity index (χ2n) is 3.98. The third kappa shape index (κ3) is 4.94. The average Bonchev–Trinajstić information content (AvgIpc) is 2.98. The highest BCUT2D eigenvalue weighted by atomic mass is 79.9. The molecule has 0 bridgehead atoms. The third-order valence-corrected chi connectivity index (χ3v) is 4.49. The summed E-state index contributed by atoms with van der Waals surface area (Å²) < 4.78 is 7.04. The lowest BCUT2D eigenvalue weighted by atomic mass is 10.3. The molecule has 0 saturated heterocycles. The molecule has 0 aliphatic heterocycles. The highest BCUT2D eigenvalue weighted by Gasteiger charge is 2.08. The average molecular weight is 433 g/mol. The van der Waals surface area contributed by atoms with E-state index in [9.17, 15) is 4.79 Å². The Morgan fingerprint density at radius 2 is 2.14 bits per heavy atom.